The van der Waals surface area contributed by atoms with Crippen molar-refractivity contribution in [1.82, 2.24) is 5.32 Å². The first-order valence-corrected chi connectivity index (χ1v) is 10.7. The number of carbonyl (C=O) groups excluding carboxylic acids is 2. The lowest BCUT2D eigenvalue weighted by molar-refractivity contribution is -0.140. The Labute approximate surface area is 193 Å². The van der Waals surface area contributed by atoms with Crippen LogP contribution in [0.25, 0.3) is 0 Å². The second-order valence-electron chi connectivity index (χ2n) is 7.34. The van der Waals surface area contributed by atoms with Gasteiger partial charge in [-0.2, -0.15) is 13.2 Å². The molecule has 0 heterocycles. The minimum atomic E-state index is -4.31. The number of hydrogen-bond acceptors (Lipinski definition) is 4. The summed E-state index contributed by atoms with van der Waals surface area (Å²) in [6.45, 7) is 3.87. The highest BCUT2D eigenvalue weighted by atomic mass is 79.9. The number of hydrogen-bond donors (Lipinski definition) is 1. The molecule has 2 aromatic carbocycles. The summed E-state index contributed by atoms with van der Waals surface area (Å²) >= 11 is 3.46. The molecule has 1 amide bonds. The molecule has 0 aromatic heterocycles. The summed E-state index contributed by atoms with van der Waals surface area (Å²) in [6.07, 6.45) is -6.37. The predicted molar refractivity (Wildman–Crippen MR) is 118 cm³/mol. The van der Waals surface area contributed by atoms with Gasteiger partial charge in [0.1, 0.15) is 11.9 Å². The number of methoxy groups -OCH3 is 1. The summed E-state index contributed by atoms with van der Waals surface area (Å²) in [7, 11) is 1.26. The second-order valence-corrected chi connectivity index (χ2v) is 8.13. The molecule has 5 nitrogen and oxygen atoms in total. The van der Waals surface area contributed by atoms with Gasteiger partial charge < -0.3 is 14.8 Å². The van der Waals surface area contributed by atoms with Crippen molar-refractivity contribution in [2.75, 3.05) is 13.7 Å². The molecule has 174 valence electrons. The van der Waals surface area contributed by atoms with Gasteiger partial charge in [-0.05, 0) is 61.2 Å². The van der Waals surface area contributed by atoms with Gasteiger partial charge in [-0.3, -0.25) is 9.59 Å². The highest BCUT2D eigenvalue weighted by molar-refractivity contribution is 9.10. The van der Waals surface area contributed by atoms with E-state index in [2.05, 4.69) is 26.0 Å². The fraction of sp³-hybridized carbons (Fsp3) is 0.391. The largest absolute Gasteiger partial charge is 0.486 e. The summed E-state index contributed by atoms with van der Waals surface area (Å²) in [5.41, 5.74) is 2.67. The minimum absolute atomic E-state index is 0.0414. The molecule has 0 aliphatic rings. The number of alkyl halides is 3. The topological polar surface area (TPSA) is 64.6 Å². The lowest BCUT2D eigenvalue weighted by Crippen LogP contribution is -2.26. The lowest BCUT2D eigenvalue weighted by atomic mass is 10.0. The molecule has 0 saturated heterocycles. The van der Waals surface area contributed by atoms with Crippen molar-refractivity contribution in [3.8, 4) is 5.75 Å². The zero-order valence-corrected chi connectivity index (χ0v) is 19.6. The lowest BCUT2D eigenvalue weighted by Gasteiger charge is -2.22. The molecule has 0 aliphatic carbocycles. The molecule has 0 saturated carbocycles. The number of carbonyl (C=O) groups is 2. The minimum Gasteiger partial charge on any atom is -0.486 e. The van der Waals surface area contributed by atoms with E-state index in [0.717, 1.165) is 15.6 Å². The molecule has 1 unspecified atom stereocenters. The van der Waals surface area contributed by atoms with Gasteiger partial charge in [-0.25, -0.2) is 0 Å². The Morgan fingerprint density at radius 3 is 2.22 bits per heavy atom. The van der Waals surface area contributed by atoms with E-state index >= 15 is 0 Å². The number of nitrogens with one attached hydrogen (secondary N) is 1. The monoisotopic (exact) mass is 515 g/mol. The van der Waals surface area contributed by atoms with Crippen LogP contribution in [0, 0.1) is 13.8 Å². The van der Waals surface area contributed by atoms with Crippen LogP contribution in [-0.4, -0.2) is 31.7 Å². The molecular formula is C23H25BrF3NO4. The molecule has 0 fully saturated rings. The van der Waals surface area contributed by atoms with Crippen molar-refractivity contribution < 1.29 is 32.2 Å². The fourth-order valence-electron chi connectivity index (χ4n) is 3.06. The molecule has 9 heteroatoms. The van der Waals surface area contributed by atoms with Gasteiger partial charge in [0.25, 0.3) is 5.91 Å². The van der Waals surface area contributed by atoms with Crippen molar-refractivity contribution >= 4 is 27.8 Å². The van der Waals surface area contributed by atoms with Gasteiger partial charge in [0, 0.05) is 23.0 Å². The smallest absolute Gasteiger partial charge is 0.389 e. The van der Waals surface area contributed by atoms with E-state index in [1.807, 2.05) is 13.8 Å². The van der Waals surface area contributed by atoms with E-state index in [9.17, 15) is 22.8 Å². The highest BCUT2D eigenvalue weighted by Gasteiger charge is 2.29. The first-order chi connectivity index (χ1) is 15.0. The third kappa shape index (κ3) is 7.85. The normalized spacial score (nSPS) is 12.2. The standard InChI is InChI=1S/C23H25BrF3NO4/c1-14-12-18(13-15(2)21(14)24)32-19(8-10-23(25,26)27)16-4-6-17(7-5-16)22(30)28-11-9-20(29)31-3/h4-7,12-13,19H,8-11H2,1-3H3,(H,28,30). The van der Waals surface area contributed by atoms with Gasteiger partial charge in [0.05, 0.1) is 13.5 Å². The zero-order valence-electron chi connectivity index (χ0n) is 18.0. The van der Waals surface area contributed by atoms with E-state index in [4.69, 9.17) is 4.74 Å². The average Bonchev–Trinajstić information content (AvgIpc) is 2.74. The summed E-state index contributed by atoms with van der Waals surface area (Å²) in [5, 5.41) is 2.59. The summed E-state index contributed by atoms with van der Waals surface area (Å²) < 4.78 is 50.0. The Morgan fingerprint density at radius 1 is 1.09 bits per heavy atom. The quantitative estimate of drug-likeness (QED) is 0.427. The second kappa shape index (κ2) is 11.4. The number of amides is 1. The van der Waals surface area contributed by atoms with Crippen LogP contribution in [0.1, 0.15) is 52.4 Å². The first kappa shape index (κ1) is 25.7. The van der Waals surface area contributed by atoms with E-state index < -0.39 is 30.6 Å². The Hall–Kier alpha value is -2.55. The van der Waals surface area contributed by atoms with Crippen LogP contribution in [0.15, 0.2) is 40.9 Å². The summed E-state index contributed by atoms with van der Waals surface area (Å²) in [6, 6.07) is 9.72. The zero-order chi connectivity index (χ0) is 23.9. The van der Waals surface area contributed by atoms with Crippen molar-refractivity contribution in [1.29, 1.82) is 0 Å². The van der Waals surface area contributed by atoms with Gasteiger partial charge in [-0.1, -0.05) is 28.1 Å². The van der Waals surface area contributed by atoms with E-state index in [0.29, 0.717) is 16.9 Å². The first-order valence-electron chi connectivity index (χ1n) is 9.95. The predicted octanol–water partition coefficient (Wildman–Crippen LogP) is 5.82. The molecule has 0 radical (unpaired) electrons. The van der Waals surface area contributed by atoms with Crippen molar-refractivity contribution in [2.24, 2.45) is 0 Å². The summed E-state index contributed by atoms with van der Waals surface area (Å²) in [5.74, 6) is -0.365. The van der Waals surface area contributed by atoms with E-state index in [1.54, 1.807) is 24.3 Å². The number of ether oxygens (including phenoxy) is 2. The Balaban J connectivity index is 2.16. The number of rotatable bonds is 9. The molecule has 2 aromatic rings. The molecule has 2 rings (SSSR count). The Bertz CT molecular complexity index is 922. The maximum atomic E-state index is 12.9. The van der Waals surface area contributed by atoms with Crippen LogP contribution in [0.2, 0.25) is 0 Å². The number of benzene rings is 2. The van der Waals surface area contributed by atoms with Crippen molar-refractivity contribution in [2.45, 2.75) is 45.4 Å². The number of esters is 1. The van der Waals surface area contributed by atoms with Crippen LogP contribution in [0.4, 0.5) is 13.2 Å². The third-order valence-electron chi connectivity index (χ3n) is 4.77. The Kier molecular flexibility index (Phi) is 9.12. The van der Waals surface area contributed by atoms with Crippen LogP contribution < -0.4 is 10.1 Å². The van der Waals surface area contributed by atoms with Gasteiger partial charge in [0.15, 0.2) is 0 Å². The molecule has 1 N–H and O–H groups in total. The van der Waals surface area contributed by atoms with Gasteiger partial charge >= 0.3 is 12.1 Å². The van der Waals surface area contributed by atoms with E-state index in [1.165, 1.54) is 19.2 Å². The Morgan fingerprint density at radius 2 is 1.69 bits per heavy atom. The maximum absolute atomic E-state index is 12.9. The van der Waals surface area contributed by atoms with Gasteiger partial charge in [-0.15, -0.1) is 0 Å². The molecule has 0 spiro atoms. The molecule has 0 bridgehead atoms. The highest BCUT2D eigenvalue weighted by Crippen LogP contribution is 2.33. The van der Waals surface area contributed by atoms with Crippen LogP contribution in [0.3, 0.4) is 0 Å². The fourth-order valence-corrected chi connectivity index (χ4v) is 3.29. The molecule has 32 heavy (non-hydrogen) atoms. The summed E-state index contributed by atoms with van der Waals surface area (Å²) in [4.78, 5) is 23.3. The van der Waals surface area contributed by atoms with E-state index in [-0.39, 0.29) is 19.4 Å². The molecular weight excluding hydrogens is 491 g/mol. The molecule has 1 atom stereocenters. The third-order valence-corrected chi connectivity index (χ3v) is 6.02. The van der Waals surface area contributed by atoms with Crippen molar-refractivity contribution in [3.63, 3.8) is 0 Å². The van der Waals surface area contributed by atoms with Crippen LogP contribution in [-0.2, 0) is 9.53 Å². The number of halogens is 4. The van der Waals surface area contributed by atoms with Gasteiger partial charge in [0.2, 0.25) is 0 Å². The van der Waals surface area contributed by atoms with Crippen LogP contribution in [0.5, 0.6) is 5.75 Å². The average molecular weight is 516 g/mol. The number of aryl methyl sites for hydroxylation is 2. The van der Waals surface area contributed by atoms with Crippen LogP contribution >= 0.6 is 15.9 Å². The van der Waals surface area contributed by atoms with Crippen molar-refractivity contribution in [3.05, 3.63) is 63.1 Å². The SMILES string of the molecule is COC(=O)CCNC(=O)c1ccc(C(CCC(F)(F)F)Oc2cc(C)c(Br)c(C)c2)cc1. The molecule has 0 aliphatic heterocycles. The maximum Gasteiger partial charge on any atom is 0.389 e.